The van der Waals surface area contributed by atoms with Gasteiger partial charge >= 0.3 is 0 Å². The quantitative estimate of drug-likeness (QED) is 0.667. The number of hydrogen-bond donors (Lipinski definition) is 0. The van der Waals surface area contributed by atoms with Crippen molar-refractivity contribution in [1.29, 1.82) is 0 Å². The number of rotatable bonds is 2. The van der Waals surface area contributed by atoms with E-state index in [0.717, 1.165) is 18.4 Å². The zero-order valence-corrected chi connectivity index (χ0v) is 12.7. The molecule has 1 saturated heterocycles. The second kappa shape index (κ2) is 7.39. The van der Waals surface area contributed by atoms with E-state index in [1.807, 2.05) is 17.8 Å². The van der Waals surface area contributed by atoms with E-state index in [1.165, 1.54) is 11.6 Å². The van der Waals surface area contributed by atoms with Crippen LogP contribution in [0.3, 0.4) is 0 Å². The van der Waals surface area contributed by atoms with E-state index in [-0.39, 0.29) is 0 Å². The Morgan fingerprint density at radius 3 is 2.12 bits per heavy atom. The van der Waals surface area contributed by atoms with Gasteiger partial charge in [0.1, 0.15) is 0 Å². The second-order valence-corrected chi connectivity index (χ2v) is 7.12. The summed E-state index contributed by atoms with van der Waals surface area (Å²) in [6, 6.07) is 0.829. The van der Waals surface area contributed by atoms with Gasteiger partial charge in [-0.1, -0.05) is 40.7 Å². The minimum Gasteiger partial charge on any atom is -0.293 e. The molecule has 1 aliphatic heterocycles. The van der Waals surface area contributed by atoms with Gasteiger partial charge in [0.25, 0.3) is 0 Å². The molecule has 0 aliphatic carbocycles. The van der Waals surface area contributed by atoms with Crippen molar-refractivity contribution in [2.24, 2.45) is 11.3 Å². The number of hydrogen-bond acceptors (Lipinski definition) is 2. The van der Waals surface area contributed by atoms with Gasteiger partial charge in [0.2, 0.25) is 0 Å². The average molecular weight is 243 g/mol. The molecular formula is C14H29NS. The van der Waals surface area contributed by atoms with E-state index in [0.29, 0.717) is 5.41 Å². The molecule has 96 valence electrons. The molecule has 0 aromatic rings. The first kappa shape index (κ1) is 16.1. The molecule has 1 heterocycles. The minimum atomic E-state index is 0.432. The van der Waals surface area contributed by atoms with E-state index in [1.54, 1.807) is 0 Å². The van der Waals surface area contributed by atoms with E-state index >= 15 is 0 Å². The van der Waals surface area contributed by atoms with Crippen molar-refractivity contribution in [2.45, 2.75) is 47.1 Å². The third-order valence-electron chi connectivity index (χ3n) is 2.68. The average Bonchev–Trinajstić information content (AvgIpc) is 2.50. The molecule has 0 amide bonds. The summed E-state index contributed by atoms with van der Waals surface area (Å²) in [7, 11) is 2.21. The maximum absolute atomic E-state index is 3.65. The number of thioether (sulfide) groups is 1. The molecule has 0 N–H and O–H groups in total. The lowest BCUT2D eigenvalue weighted by Gasteiger charge is -2.21. The summed E-state index contributed by atoms with van der Waals surface area (Å²) in [4.78, 5) is 2.44. The molecule has 0 saturated carbocycles. The summed E-state index contributed by atoms with van der Waals surface area (Å²) in [5, 5.41) is 0. The smallest absolute Gasteiger partial charge is 0.0445 e. The van der Waals surface area contributed by atoms with Crippen LogP contribution in [0.4, 0.5) is 0 Å². The first-order valence-corrected chi connectivity index (χ1v) is 7.32. The lowest BCUT2D eigenvalue weighted by molar-refractivity contribution is 0.261. The van der Waals surface area contributed by atoms with Crippen LogP contribution in [-0.4, -0.2) is 29.6 Å². The van der Waals surface area contributed by atoms with Gasteiger partial charge in [0, 0.05) is 17.7 Å². The Morgan fingerprint density at radius 2 is 2.00 bits per heavy atom. The van der Waals surface area contributed by atoms with Gasteiger partial charge in [-0.25, -0.2) is 0 Å². The van der Waals surface area contributed by atoms with Crippen LogP contribution in [0, 0.1) is 11.3 Å². The van der Waals surface area contributed by atoms with Gasteiger partial charge in [-0.2, -0.15) is 0 Å². The van der Waals surface area contributed by atoms with Crippen LogP contribution in [0.15, 0.2) is 12.7 Å². The fraction of sp³-hybridized carbons (Fsp3) is 0.857. The fourth-order valence-electron chi connectivity index (χ4n) is 1.67. The predicted molar refractivity (Wildman–Crippen MR) is 78.0 cm³/mol. The Labute approximate surface area is 107 Å². The number of nitrogens with zero attached hydrogens (tertiary/aromatic N) is 1. The van der Waals surface area contributed by atoms with Crippen LogP contribution in [0.25, 0.3) is 0 Å². The van der Waals surface area contributed by atoms with E-state index in [9.17, 15) is 0 Å². The summed E-state index contributed by atoms with van der Waals surface area (Å²) < 4.78 is 0. The van der Waals surface area contributed by atoms with Crippen LogP contribution in [0.5, 0.6) is 0 Å². The third kappa shape index (κ3) is 7.34. The van der Waals surface area contributed by atoms with Crippen molar-refractivity contribution in [1.82, 2.24) is 4.90 Å². The highest BCUT2D eigenvalue weighted by molar-refractivity contribution is 7.99. The van der Waals surface area contributed by atoms with Crippen LogP contribution in [0.1, 0.15) is 41.0 Å². The van der Waals surface area contributed by atoms with E-state index in [2.05, 4.69) is 53.1 Å². The molecule has 16 heavy (non-hydrogen) atoms. The standard InChI is InChI=1S/C7H15NS.C7H14/c1-6(2)7-4-9-5-8(7)3;1-5-6-7(2,3)4/h6-7H,4-5H2,1-3H3;5H,1,6H2,2-4H3. The first-order valence-electron chi connectivity index (χ1n) is 6.17. The van der Waals surface area contributed by atoms with E-state index < -0.39 is 0 Å². The SMILES string of the molecule is C=CCC(C)(C)C.CC(C)C1CSCN1C. The summed E-state index contributed by atoms with van der Waals surface area (Å²) in [6.45, 7) is 14.9. The molecule has 1 aliphatic rings. The Kier molecular flexibility index (Phi) is 7.41. The highest BCUT2D eigenvalue weighted by Crippen LogP contribution is 2.23. The molecule has 0 bridgehead atoms. The van der Waals surface area contributed by atoms with Gasteiger partial charge in [0.05, 0.1) is 0 Å². The third-order valence-corrected chi connectivity index (χ3v) is 3.84. The second-order valence-electron chi connectivity index (χ2n) is 6.12. The van der Waals surface area contributed by atoms with E-state index in [4.69, 9.17) is 0 Å². The molecule has 0 radical (unpaired) electrons. The Morgan fingerprint density at radius 1 is 1.44 bits per heavy atom. The molecular weight excluding hydrogens is 214 g/mol. The van der Waals surface area contributed by atoms with Crippen molar-refractivity contribution < 1.29 is 0 Å². The fourth-order valence-corrected chi connectivity index (χ4v) is 3.14. The van der Waals surface area contributed by atoms with Gasteiger partial charge in [0.15, 0.2) is 0 Å². The summed E-state index contributed by atoms with van der Waals surface area (Å²) in [5.41, 5.74) is 0.432. The van der Waals surface area contributed by atoms with Gasteiger partial charge in [-0.05, 0) is 24.8 Å². The molecule has 1 fully saturated rings. The normalized spacial score (nSPS) is 21.8. The summed E-state index contributed by atoms with van der Waals surface area (Å²) in [6.07, 6.45) is 3.06. The molecule has 2 heteroatoms. The predicted octanol–water partition coefficient (Wildman–Crippen LogP) is 4.26. The highest BCUT2D eigenvalue weighted by Gasteiger charge is 2.23. The zero-order chi connectivity index (χ0) is 12.8. The molecule has 1 unspecified atom stereocenters. The largest absolute Gasteiger partial charge is 0.293 e. The molecule has 0 spiro atoms. The van der Waals surface area contributed by atoms with Gasteiger partial charge in [-0.15, -0.1) is 18.3 Å². The van der Waals surface area contributed by atoms with Crippen molar-refractivity contribution in [3.8, 4) is 0 Å². The molecule has 0 aromatic heterocycles. The van der Waals surface area contributed by atoms with Gasteiger partial charge in [-0.3, -0.25) is 4.90 Å². The Balaban J connectivity index is 0.000000293. The molecule has 0 aromatic carbocycles. The first-order chi connectivity index (χ1) is 7.28. The molecule has 1 atom stereocenters. The van der Waals surface area contributed by atoms with Crippen LogP contribution >= 0.6 is 11.8 Å². The molecule has 1 rings (SSSR count). The van der Waals surface area contributed by atoms with Crippen molar-refractivity contribution >= 4 is 11.8 Å². The molecule has 1 nitrogen and oxygen atoms in total. The maximum atomic E-state index is 3.65. The minimum absolute atomic E-state index is 0.432. The lowest BCUT2D eigenvalue weighted by Crippen LogP contribution is -2.31. The van der Waals surface area contributed by atoms with Crippen molar-refractivity contribution in [3.63, 3.8) is 0 Å². The maximum Gasteiger partial charge on any atom is 0.0445 e. The Hall–Kier alpha value is 0.0500. The van der Waals surface area contributed by atoms with Crippen molar-refractivity contribution in [2.75, 3.05) is 18.7 Å². The number of allylic oxidation sites excluding steroid dienone is 1. The van der Waals surface area contributed by atoms with Crippen LogP contribution < -0.4 is 0 Å². The zero-order valence-electron chi connectivity index (χ0n) is 11.9. The monoisotopic (exact) mass is 243 g/mol. The van der Waals surface area contributed by atoms with Crippen molar-refractivity contribution in [3.05, 3.63) is 12.7 Å². The lowest BCUT2D eigenvalue weighted by atomic mass is 9.93. The topological polar surface area (TPSA) is 3.24 Å². The van der Waals surface area contributed by atoms with Crippen LogP contribution in [-0.2, 0) is 0 Å². The Bertz CT molecular complexity index is 193. The summed E-state index contributed by atoms with van der Waals surface area (Å²) in [5.74, 6) is 3.38. The van der Waals surface area contributed by atoms with Crippen LogP contribution in [0.2, 0.25) is 0 Å². The summed E-state index contributed by atoms with van der Waals surface area (Å²) >= 11 is 2.04. The highest BCUT2D eigenvalue weighted by atomic mass is 32.2. The van der Waals surface area contributed by atoms with Gasteiger partial charge < -0.3 is 0 Å².